The first kappa shape index (κ1) is 8.14. The summed E-state index contributed by atoms with van der Waals surface area (Å²) >= 11 is 0. The second kappa shape index (κ2) is 2.05. The highest BCUT2D eigenvalue weighted by molar-refractivity contribution is 5.24. The van der Waals surface area contributed by atoms with Crippen molar-refractivity contribution in [2.24, 2.45) is 40.4 Å². The maximum absolute atomic E-state index is 2.61. The molecule has 1 spiro atoms. The van der Waals surface area contributed by atoms with Crippen LogP contribution < -0.4 is 0 Å². The number of hydrogen-bond acceptors (Lipinski definition) is 0. The third-order valence-electron chi connectivity index (χ3n) is 7.27. The summed E-state index contributed by atoms with van der Waals surface area (Å²) in [5, 5.41) is 0. The van der Waals surface area contributed by atoms with Gasteiger partial charge in [-0.1, -0.05) is 6.92 Å². The molecule has 82 valence electrons. The molecule has 0 nitrogen and oxygen atoms in total. The van der Waals surface area contributed by atoms with Crippen LogP contribution in [-0.4, -0.2) is 0 Å². The van der Waals surface area contributed by atoms with Gasteiger partial charge < -0.3 is 0 Å². The molecule has 5 saturated carbocycles. The average molecular weight is 202 g/mol. The van der Waals surface area contributed by atoms with Crippen molar-refractivity contribution in [3.8, 4) is 0 Å². The van der Waals surface area contributed by atoms with Crippen molar-refractivity contribution in [2.75, 3.05) is 0 Å². The Balaban J connectivity index is 1.61. The SMILES string of the molecule is CC12CC3CC4CC(C5CC5)C(C1)C43C2. The van der Waals surface area contributed by atoms with Gasteiger partial charge in [-0.25, -0.2) is 0 Å². The van der Waals surface area contributed by atoms with E-state index in [2.05, 4.69) is 6.92 Å². The van der Waals surface area contributed by atoms with Crippen LogP contribution in [-0.2, 0) is 0 Å². The van der Waals surface area contributed by atoms with Gasteiger partial charge >= 0.3 is 0 Å². The summed E-state index contributed by atoms with van der Waals surface area (Å²) < 4.78 is 0. The Morgan fingerprint density at radius 2 is 1.87 bits per heavy atom. The smallest absolute Gasteiger partial charge is 0.0204 e. The minimum Gasteiger partial charge on any atom is -0.0596 e. The van der Waals surface area contributed by atoms with E-state index < -0.39 is 0 Å². The standard InChI is InChI=1S/C15H22/c1-14-6-11-4-10-5-12(9-2-3-9)13(7-14)15(10,11)8-14/h9-13H,2-8H2,1H3. The molecule has 0 aromatic carbocycles. The molecule has 5 aliphatic carbocycles. The van der Waals surface area contributed by atoms with Crippen molar-refractivity contribution in [1.82, 2.24) is 0 Å². The highest BCUT2D eigenvalue weighted by Crippen LogP contribution is 2.83. The number of fused-ring (bicyclic) bond motifs is 1. The van der Waals surface area contributed by atoms with E-state index in [0.29, 0.717) is 0 Å². The summed E-state index contributed by atoms with van der Waals surface area (Å²) in [6.07, 6.45) is 11.3. The zero-order chi connectivity index (χ0) is 9.84. The molecule has 5 fully saturated rings. The van der Waals surface area contributed by atoms with Gasteiger partial charge in [-0.3, -0.25) is 0 Å². The molecule has 0 amide bonds. The zero-order valence-electron chi connectivity index (χ0n) is 9.84. The van der Waals surface area contributed by atoms with Crippen LogP contribution in [0.3, 0.4) is 0 Å². The molecule has 0 aliphatic heterocycles. The highest BCUT2D eigenvalue weighted by atomic mass is 14.8. The fourth-order valence-corrected chi connectivity index (χ4v) is 6.94. The predicted octanol–water partition coefficient (Wildman–Crippen LogP) is 3.86. The fourth-order valence-electron chi connectivity index (χ4n) is 6.94. The predicted molar refractivity (Wildman–Crippen MR) is 60.3 cm³/mol. The Morgan fingerprint density at radius 3 is 2.60 bits per heavy atom. The Hall–Kier alpha value is 0. The molecule has 0 radical (unpaired) electrons. The quantitative estimate of drug-likeness (QED) is 0.605. The first-order valence-corrected chi connectivity index (χ1v) is 7.21. The second-order valence-corrected chi connectivity index (χ2v) is 7.98. The van der Waals surface area contributed by atoms with Gasteiger partial charge in [-0.2, -0.15) is 0 Å². The van der Waals surface area contributed by atoms with E-state index in [1.165, 1.54) is 29.6 Å². The van der Waals surface area contributed by atoms with E-state index in [4.69, 9.17) is 0 Å². The molecule has 2 bridgehead atoms. The van der Waals surface area contributed by atoms with E-state index >= 15 is 0 Å². The lowest BCUT2D eigenvalue weighted by atomic mass is 9.52. The van der Waals surface area contributed by atoms with E-state index in [1.807, 2.05) is 0 Å². The van der Waals surface area contributed by atoms with Crippen LogP contribution in [0.15, 0.2) is 0 Å². The van der Waals surface area contributed by atoms with Crippen molar-refractivity contribution >= 4 is 0 Å². The van der Waals surface area contributed by atoms with Crippen LogP contribution in [0.5, 0.6) is 0 Å². The van der Waals surface area contributed by atoms with Crippen molar-refractivity contribution < 1.29 is 0 Å². The minimum absolute atomic E-state index is 0.803. The molecule has 0 aromatic heterocycles. The molecule has 0 aromatic rings. The molecular formula is C15H22. The Bertz CT molecular complexity index is 342. The maximum Gasteiger partial charge on any atom is -0.0204 e. The van der Waals surface area contributed by atoms with Crippen LogP contribution in [0.25, 0.3) is 0 Å². The summed E-state index contributed by atoms with van der Waals surface area (Å²) in [5.41, 5.74) is 1.74. The molecule has 6 unspecified atom stereocenters. The summed E-state index contributed by atoms with van der Waals surface area (Å²) in [4.78, 5) is 0. The molecule has 6 atom stereocenters. The summed E-state index contributed by atoms with van der Waals surface area (Å²) in [6.45, 7) is 2.61. The van der Waals surface area contributed by atoms with Crippen molar-refractivity contribution in [3.63, 3.8) is 0 Å². The fraction of sp³-hybridized carbons (Fsp3) is 1.00. The van der Waals surface area contributed by atoms with Crippen LogP contribution in [0.4, 0.5) is 0 Å². The Morgan fingerprint density at radius 1 is 1.00 bits per heavy atom. The minimum atomic E-state index is 0.803. The molecule has 15 heavy (non-hydrogen) atoms. The van der Waals surface area contributed by atoms with Gasteiger partial charge in [0.25, 0.3) is 0 Å². The maximum atomic E-state index is 2.61. The monoisotopic (exact) mass is 202 g/mol. The molecule has 0 saturated heterocycles. The molecule has 5 aliphatic rings. The molecule has 0 heterocycles. The summed E-state index contributed by atoms with van der Waals surface area (Å²) in [5.74, 6) is 5.98. The lowest BCUT2D eigenvalue weighted by Crippen LogP contribution is -2.46. The molecular weight excluding hydrogens is 180 g/mol. The number of rotatable bonds is 1. The van der Waals surface area contributed by atoms with E-state index in [1.54, 1.807) is 44.9 Å². The van der Waals surface area contributed by atoms with E-state index in [0.717, 1.165) is 10.8 Å². The van der Waals surface area contributed by atoms with Gasteiger partial charge in [0.05, 0.1) is 0 Å². The Kier molecular flexibility index (Phi) is 1.11. The van der Waals surface area contributed by atoms with E-state index in [9.17, 15) is 0 Å². The zero-order valence-corrected chi connectivity index (χ0v) is 9.84. The van der Waals surface area contributed by atoms with Gasteiger partial charge in [0.2, 0.25) is 0 Å². The van der Waals surface area contributed by atoms with Crippen LogP contribution >= 0.6 is 0 Å². The van der Waals surface area contributed by atoms with Crippen molar-refractivity contribution in [1.29, 1.82) is 0 Å². The van der Waals surface area contributed by atoms with Crippen LogP contribution in [0.2, 0.25) is 0 Å². The highest BCUT2D eigenvalue weighted by Gasteiger charge is 2.75. The normalized spacial score (nSPS) is 69.4. The van der Waals surface area contributed by atoms with Crippen LogP contribution in [0.1, 0.15) is 51.9 Å². The van der Waals surface area contributed by atoms with Gasteiger partial charge in [-0.15, -0.1) is 0 Å². The number of hydrogen-bond donors (Lipinski definition) is 0. The molecule has 0 N–H and O–H groups in total. The van der Waals surface area contributed by atoms with Crippen molar-refractivity contribution in [3.05, 3.63) is 0 Å². The lowest BCUT2D eigenvalue weighted by molar-refractivity contribution is -0.0396. The first-order valence-electron chi connectivity index (χ1n) is 7.21. The Labute approximate surface area is 92.8 Å². The summed E-state index contributed by atoms with van der Waals surface area (Å²) in [7, 11) is 0. The van der Waals surface area contributed by atoms with Gasteiger partial charge in [-0.05, 0) is 85.4 Å². The molecule has 5 rings (SSSR count). The molecule has 0 heteroatoms. The third-order valence-corrected chi connectivity index (χ3v) is 7.27. The summed E-state index contributed by atoms with van der Waals surface area (Å²) in [6, 6.07) is 0. The first-order chi connectivity index (χ1) is 7.21. The van der Waals surface area contributed by atoms with Gasteiger partial charge in [0.1, 0.15) is 0 Å². The van der Waals surface area contributed by atoms with Gasteiger partial charge in [0.15, 0.2) is 0 Å². The lowest BCUT2D eigenvalue weighted by Gasteiger charge is -2.52. The van der Waals surface area contributed by atoms with Crippen LogP contribution in [0, 0.1) is 40.4 Å². The van der Waals surface area contributed by atoms with Crippen molar-refractivity contribution in [2.45, 2.75) is 51.9 Å². The largest absolute Gasteiger partial charge is 0.0596 e. The second-order valence-electron chi connectivity index (χ2n) is 7.98. The van der Waals surface area contributed by atoms with Gasteiger partial charge in [0, 0.05) is 0 Å². The van der Waals surface area contributed by atoms with E-state index in [-0.39, 0.29) is 0 Å². The average Bonchev–Trinajstić information content (AvgIpc) is 2.86. The topological polar surface area (TPSA) is 0 Å². The third kappa shape index (κ3) is 0.718.